The molecule has 0 radical (unpaired) electrons. The third-order valence-corrected chi connectivity index (χ3v) is 4.50. The second-order valence-corrected chi connectivity index (χ2v) is 6.46. The Bertz CT molecular complexity index is 318. The highest BCUT2D eigenvalue weighted by Gasteiger charge is 2.27. The summed E-state index contributed by atoms with van der Waals surface area (Å²) in [6.45, 7) is 6.54. The Hall–Kier alpha value is -0.0700. The average molecular weight is 356 g/mol. The molecule has 132 valence electrons. The molecule has 2 heterocycles. The summed E-state index contributed by atoms with van der Waals surface area (Å²) in [5.74, 6) is 0.865. The maximum atomic E-state index is 12.2. The molecule has 22 heavy (non-hydrogen) atoms. The number of hydrogen-bond donors (Lipinski definition) is 2. The Morgan fingerprint density at radius 3 is 2.45 bits per heavy atom. The van der Waals surface area contributed by atoms with Crippen molar-refractivity contribution in [1.29, 1.82) is 0 Å². The highest BCUT2D eigenvalue weighted by Crippen LogP contribution is 2.19. The summed E-state index contributed by atoms with van der Waals surface area (Å²) in [6, 6.07) is 0.0512. The number of β-amino-alcohol motifs (C(OH)–C–C–N with tert-alkyl or cyclic N) is 1. The molecule has 2 aliphatic heterocycles. The summed E-state index contributed by atoms with van der Waals surface area (Å²) < 4.78 is 0. The molecule has 0 aromatic rings. The van der Waals surface area contributed by atoms with Crippen LogP contribution in [0.2, 0.25) is 0 Å². The van der Waals surface area contributed by atoms with Crippen molar-refractivity contribution in [2.24, 2.45) is 5.92 Å². The number of aliphatic hydroxyl groups is 1. The number of amides is 1. The van der Waals surface area contributed by atoms with Gasteiger partial charge in [-0.2, -0.15) is 0 Å². The van der Waals surface area contributed by atoms with Crippen LogP contribution in [0.3, 0.4) is 0 Å². The molecule has 2 atom stereocenters. The number of carbonyl (C=O) groups is 1. The molecule has 7 heteroatoms. The van der Waals surface area contributed by atoms with Gasteiger partial charge in [-0.05, 0) is 58.2 Å². The van der Waals surface area contributed by atoms with Crippen molar-refractivity contribution in [3.05, 3.63) is 0 Å². The number of hydrogen-bond acceptors (Lipinski definition) is 4. The Balaban J connectivity index is 0.00000220. The minimum Gasteiger partial charge on any atom is -0.392 e. The van der Waals surface area contributed by atoms with Gasteiger partial charge >= 0.3 is 0 Å². The van der Waals surface area contributed by atoms with Gasteiger partial charge in [-0.15, -0.1) is 24.8 Å². The Kier molecular flexibility index (Phi) is 10.6. The van der Waals surface area contributed by atoms with E-state index in [4.69, 9.17) is 0 Å². The second-order valence-electron chi connectivity index (χ2n) is 6.46. The van der Waals surface area contributed by atoms with Gasteiger partial charge in [-0.3, -0.25) is 4.79 Å². The van der Waals surface area contributed by atoms with Crippen LogP contribution in [0.25, 0.3) is 0 Å². The van der Waals surface area contributed by atoms with E-state index < -0.39 is 0 Å². The normalized spacial score (nSPS) is 24.2. The molecule has 0 aromatic heterocycles. The Labute approximate surface area is 146 Å². The number of carbonyl (C=O) groups excluding carboxylic acids is 1. The van der Waals surface area contributed by atoms with E-state index in [-0.39, 0.29) is 42.9 Å². The van der Waals surface area contributed by atoms with Gasteiger partial charge < -0.3 is 20.2 Å². The predicted molar refractivity (Wildman–Crippen MR) is 94.0 cm³/mol. The van der Waals surface area contributed by atoms with E-state index in [1.54, 1.807) is 0 Å². The summed E-state index contributed by atoms with van der Waals surface area (Å²) in [5, 5.41) is 12.7. The van der Waals surface area contributed by atoms with Crippen LogP contribution in [-0.4, -0.2) is 72.7 Å². The quantitative estimate of drug-likeness (QED) is 0.776. The second kappa shape index (κ2) is 10.7. The standard InChI is InChI=1S/C15H29N3O2.2ClH/c1-12(19)10-18-8-5-13(6-9-18)11-17(2)15(20)14-4-3-7-16-14;;/h12-14,16,19H,3-11H2,1-2H3;2*1H/t12?,14-;;/m0../s1. The van der Waals surface area contributed by atoms with Crippen molar-refractivity contribution >= 4 is 30.7 Å². The fraction of sp³-hybridized carbons (Fsp3) is 0.933. The first kappa shape index (κ1) is 21.9. The number of rotatable bonds is 5. The zero-order chi connectivity index (χ0) is 14.5. The largest absolute Gasteiger partial charge is 0.392 e. The maximum absolute atomic E-state index is 12.2. The fourth-order valence-electron chi connectivity index (χ4n) is 3.36. The molecule has 1 unspecified atom stereocenters. The van der Waals surface area contributed by atoms with Crippen LogP contribution in [0.15, 0.2) is 0 Å². The summed E-state index contributed by atoms with van der Waals surface area (Å²) in [7, 11) is 1.94. The average Bonchev–Trinajstić information content (AvgIpc) is 2.93. The van der Waals surface area contributed by atoms with Gasteiger partial charge in [0.2, 0.25) is 5.91 Å². The van der Waals surface area contributed by atoms with Crippen molar-refractivity contribution in [2.75, 3.05) is 39.8 Å². The minimum atomic E-state index is -0.246. The lowest BCUT2D eigenvalue weighted by molar-refractivity contribution is -0.132. The first-order chi connectivity index (χ1) is 9.56. The van der Waals surface area contributed by atoms with Crippen LogP contribution in [0.1, 0.15) is 32.6 Å². The lowest BCUT2D eigenvalue weighted by atomic mass is 9.96. The molecule has 2 fully saturated rings. The Morgan fingerprint density at radius 2 is 1.95 bits per heavy atom. The van der Waals surface area contributed by atoms with Crippen molar-refractivity contribution in [2.45, 2.75) is 44.8 Å². The summed E-state index contributed by atoms with van der Waals surface area (Å²) in [5.41, 5.74) is 0. The summed E-state index contributed by atoms with van der Waals surface area (Å²) in [6.07, 6.45) is 4.10. The van der Waals surface area contributed by atoms with Gasteiger partial charge in [0.1, 0.15) is 0 Å². The zero-order valence-corrected chi connectivity index (χ0v) is 15.3. The molecule has 5 nitrogen and oxygen atoms in total. The number of nitrogens with one attached hydrogen (secondary N) is 1. The number of likely N-dealkylation sites (tertiary alicyclic amines) is 1. The molecule has 2 aliphatic rings. The first-order valence-corrected chi connectivity index (χ1v) is 7.95. The lowest BCUT2D eigenvalue weighted by Crippen LogP contribution is -2.45. The first-order valence-electron chi connectivity index (χ1n) is 7.95. The number of halogens is 2. The van der Waals surface area contributed by atoms with Crippen LogP contribution in [0, 0.1) is 5.92 Å². The van der Waals surface area contributed by atoms with E-state index in [0.717, 1.165) is 58.4 Å². The van der Waals surface area contributed by atoms with Crippen LogP contribution in [0.4, 0.5) is 0 Å². The van der Waals surface area contributed by atoms with E-state index in [0.29, 0.717) is 5.92 Å². The van der Waals surface area contributed by atoms with E-state index in [1.165, 1.54) is 0 Å². The monoisotopic (exact) mass is 355 g/mol. The summed E-state index contributed by atoms with van der Waals surface area (Å²) in [4.78, 5) is 16.5. The maximum Gasteiger partial charge on any atom is 0.239 e. The zero-order valence-electron chi connectivity index (χ0n) is 13.7. The number of likely N-dealkylation sites (N-methyl/N-ethyl adjacent to an activating group) is 1. The van der Waals surface area contributed by atoms with Crippen molar-refractivity contribution < 1.29 is 9.90 Å². The van der Waals surface area contributed by atoms with E-state index in [2.05, 4.69) is 10.2 Å². The van der Waals surface area contributed by atoms with Crippen molar-refractivity contribution in [3.8, 4) is 0 Å². The van der Waals surface area contributed by atoms with Gasteiger partial charge in [-0.1, -0.05) is 0 Å². The third kappa shape index (κ3) is 6.59. The molecule has 0 aromatic carbocycles. The molecule has 2 rings (SSSR count). The SMILES string of the molecule is CC(O)CN1CCC(CN(C)C(=O)[C@@H]2CCCN2)CC1.Cl.Cl. The number of nitrogens with zero attached hydrogens (tertiary/aromatic N) is 2. The highest BCUT2D eigenvalue weighted by atomic mass is 35.5. The molecule has 2 saturated heterocycles. The molecule has 0 saturated carbocycles. The molecule has 1 amide bonds. The number of aliphatic hydroxyl groups excluding tert-OH is 1. The highest BCUT2D eigenvalue weighted by molar-refractivity contribution is 5.85. The molecular formula is C15H31Cl2N3O2. The molecule has 2 N–H and O–H groups in total. The van der Waals surface area contributed by atoms with Gasteiger partial charge in [0.15, 0.2) is 0 Å². The predicted octanol–water partition coefficient (Wildman–Crippen LogP) is 1.13. The van der Waals surface area contributed by atoms with Crippen molar-refractivity contribution in [3.63, 3.8) is 0 Å². The van der Waals surface area contributed by atoms with Crippen LogP contribution in [-0.2, 0) is 4.79 Å². The van der Waals surface area contributed by atoms with E-state index in [9.17, 15) is 9.90 Å². The Morgan fingerprint density at radius 1 is 1.32 bits per heavy atom. The number of piperidine rings is 1. The van der Waals surface area contributed by atoms with Gasteiger partial charge in [0, 0.05) is 20.1 Å². The molecule has 0 spiro atoms. The van der Waals surface area contributed by atoms with Gasteiger partial charge in [0.25, 0.3) is 0 Å². The van der Waals surface area contributed by atoms with Crippen LogP contribution >= 0.6 is 24.8 Å². The molecular weight excluding hydrogens is 325 g/mol. The topological polar surface area (TPSA) is 55.8 Å². The smallest absolute Gasteiger partial charge is 0.239 e. The minimum absolute atomic E-state index is 0. The fourth-order valence-corrected chi connectivity index (χ4v) is 3.36. The van der Waals surface area contributed by atoms with Crippen LogP contribution in [0.5, 0.6) is 0 Å². The molecule has 0 bridgehead atoms. The van der Waals surface area contributed by atoms with Crippen molar-refractivity contribution in [1.82, 2.24) is 15.1 Å². The van der Waals surface area contributed by atoms with Gasteiger partial charge in [-0.25, -0.2) is 0 Å². The third-order valence-electron chi connectivity index (χ3n) is 4.50. The molecule has 0 aliphatic carbocycles. The van der Waals surface area contributed by atoms with Crippen LogP contribution < -0.4 is 5.32 Å². The van der Waals surface area contributed by atoms with Gasteiger partial charge in [0.05, 0.1) is 12.1 Å². The van der Waals surface area contributed by atoms with E-state index >= 15 is 0 Å². The lowest BCUT2D eigenvalue weighted by Gasteiger charge is -2.34. The van der Waals surface area contributed by atoms with E-state index in [1.807, 2.05) is 18.9 Å². The summed E-state index contributed by atoms with van der Waals surface area (Å²) >= 11 is 0.